The third kappa shape index (κ3) is 1.48. The lowest BCUT2D eigenvalue weighted by Crippen LogP contribution is -1.96. The lowest BCUT2D eigenvalue weighted by molar-refractivity contribution is 0.0699. The van der Waals surface area contributed by atoms with Gasteiger partial charge in [-0.05, 0) is 24.3 Å². The Bertz CT molecular complexity index is 683. The summed E-state index contributed by atoms with van der Waals surface area (Å²) in [6.45, 7) is 0. The Balaban J connectivity index is 2.26. The second-order valence-corrected chi connectivity index (χ2v) is 3.57. The molecule has 2 heterocycles. The van der Waals surface area contributed by atoms with Gasteiger partial charge in [0.1, 0.15) is 0 Å². The van der Waals surface area contributed by atoms with E-state index in [1.807, 2.05) is 0 Å². The lowest BCUT2D eigenvalue weighted by Gasteiger charge is -1.94. The zero-order chi connectivity index (χ0) is 11.8. The first kappa shape index (κ1) is 9.65. The Morgan fingerprint density at radius 3 is 2.88 bits per heavy atom. The molecular formula is C12H8N2O3. The SMILES string of the molecule is O=C(O)c1cccc2nc(-c3ccco3)[nH]c12. The third-order valence-corrected chi connectivity index (χ3v) is 2.50. The van der Waals surface area contributed by atoms with E-state index in [1.54, 1.807) is 30.5 Å². The van der Waals surface area contributed by atoms with Crippen molar-refractivity contribution in [3.8, 4) is 11.6 Å². The van der Waals surface area contributed by atoms with Crippen LogP contribution in [0.25, 0.3) is 22.6 Å². The molecule has 2 N–H and O–H groups in total. The first-order valence-electron chi connectivity index (χ1n) is 5.01. The topological polar surface area (TPSA) is 79.1 Å². The van der Waals surface area contributed by atoms with Crippen LogP contribution in [0.5, 0.6) is 0 Å². The summed E-state index contributed by atoms with van der Waals surface area (Å²) in [5.74, 6) is 0.126. The van der Waals surface area contributed by atoms with Crippen molar-refractivity contribution in [1.82, 2.24) is 9.97 Å². The van der Waals surface area contributed by atoms with Crippen molar-refractivity contribution in [1.29, 1.82) is 0 Å². The van der Waals surface area contributed by atoms with Crippen LogP contribution < -0.4 is 0 Å². The minimum atomic E-state index is -0.981. The molecule has 17 heavy (non-hydrogen) atoms. The quantitative estimate of drug-likeness (QED) is 0.706. The summed E-state index contributed by atoms with van der Waals surface area (Å²) < 4.78 is 5.21. The smallest absolute Gasteiger partial charge is 0.337 e. The van der Waals surface area contributed by atoms with Gasteiger partial charge in [-0.25, -0.2) is 9.78 Å². The van der Waals surface area contributed by atoms with Crippen LogP contribution in [-0.2, 0) is 0 Å². The van der Waals surface area contributed by atoms with E-state index in [4.69, 9.17) is 9.52 Å². The highest BCUT2D eigenvalue weighted by atomic mass is 16.4. The number of furan rings is 1. The summed E-state index contributed by atoms with van der Waals surface area (Å²) in [7, 11) is 0. The van der Waals surface area contributed by atoms with Crippen LogP contribution in [0.4, 0.5) is 0 Å². The van der Waals surface area contributed by atoms with Crippen LogP contribution in [0.3, 0.4) is 0 Å². The second kappa shape index (κ2) is 3.48. The number of fused-ring (bicyclic) bond motifs is 1. The first-order valence-corrected chi connectivity index (χ1v) is 5.01. The van der Waals surface area contributed by atoms with E-state index in [0.29, 0.717) is 22.6 Å². The molecule has 0 aliphatic heterocycles. The summed E-state index contributed by atoms with van der Waals surface area (Å²) in [5, 5.41) is 9.05. The summed E-state index contributed by atoms with van der Waals surface area (Å²) in [4.78, 5) is 18.3. The molecule has 0 saturated heterocycles. The number of para-hydroxylation sites is 1. The zero-order valence-corrected chi connectivity index (χ0v) is 8.68. The Morgan fingerprint density at radius 2 is 2.18 bits per heavy atom. The molecule has 0 spiro atoms. The number of benzene rings is 1. The van der Waals surface area contributed by atoms with Gasteiger partial charge in [0.15, 0.2) is 11.6 Å². The van der Waals surface area contributed by atoms with Gasteiger partial charge in [-0.1, -0.05) is 6.07 Å². The average molecular weight is 228 g/mol. The predicted molar refractivity (Wildman–Crippen MR) is 60.8 cm³/mol. The van der Waals surface area contributed by atoms with Gasteiger partial charge in [-0.3, -0.25) is 0 Å². The number of carbonyl (C=O) groups is 1. The van der Waals surface area contributed by atoms with E-state index in [-0.39, 0.29) is 5.56 Å². The largest absolute Gasteiger partial charge is 0.478 e. The molecule has 0 bridgehead atoms. The number of hydrogen-bond acceptors (Lipinski definition) is 3. The summed E-state index contributed by atoms with van der Waals surface area (Å²) in [6, 6.07) is 8.47. The van der Waals surface area contributed by atoms with Gasteiger partial charge >= 0.3 is 5.97 Å². The number of nitrogens with one attached hydrogen (secondary N) is 1. The highest BCUT2D eigenvalue weighted by Crippen LogP contribution is 2.22. The number of rotatable bonds is 2. The molecule has 0 aliphatic rings. The highest BCUT2D eigenvalue weighted by Gasteiger charge is 2.13. The minimum Gasteiger partial charge on any atom is -0.478 e. The molecule has 0 saturated carbocycles. The number of carboxylic acids is 1. The molecule has 2 aromatic heterocycles. The molecular weight excluding hydrogens is 220 g/mol. The molecule has 1 aromatic carbocycles. The average Bonchev–Trinajstić information content (AvgIpc) is 2.96. The second-order valence-electron chi connectivity index (χ2n) is 3.57. The van der Waals surface area contributed by atoms with Gasteiger partial charge in [0.05, 0.1) is 22.9 Å². The fraction of sp³-hybridized carbons (Fsp3) is 0. The molecule has 3 aromatic rings. The normalized spacial score (nSPS) is 10.8. The molecule has 0 atom stereocenters. The van der Waals surface area contributed by atoms with Crippen molar-refractivity contribution >= 4 is 17.0 Å². The number of H-pyrrole nitrogens is 1. The maximum atomic E-state index is 11.0. The number of carboxylic acid groups (broad SMARTS) is 1. The molecule has 0 aliphatic carbocycles. The Morgan fingerprint density at radius 1 is 1.29 bits per heavy atom. The van der Waals surface area contributed by atoms with Gasteiger partial charge in [0.25, 0.3) is 0 Å². The van der Waals surface area contributed by atoms with Gasteiger partial charge < -0.3 is 14.5 Å². The van der Waals surface area contributed by atoms with Gasteiger partial charge in [-0.15, -0.1) is 0 Å². The monoisotopic (exact) mass is 228 g/mol. The standard InChI is InChI=1S/C12H8N2O3/c15-12(16)7-3-1-4-8-10(7)14-11(13-8)9-5-2-6-17-9/h1-6H,(H,13,14)(H,15,16). The van der Waals surface area contributed by atoms with E-state index in [1.165, 1.54) is 6.07 Å². The van der Waals surface area contributed by atoms with Crippen LogP contribution in [0, 0.1) is 0 Å². The van der Waals surface area contributed by atoms with Crippen molar-refractivity contribution in [2.75, 3.05) is 0 Å². The van der Waals surface area contributed by atoms with Crippen molar-refractivity contribution < 1.29 is 14.3 Å². The van der Waals surface area contributed by atoms with E-state index in [0.717, 1.165) is 0 Å². The number of imidazole rings is 1. The molecule has 0 fully saturated rings. The van der Waals surface area contributed by atoms with Crippen LogP contribution in [0.1, 0.15) is 10.4 Å². The molecule has 0 unspecified atom stereocenters. The predicted octanol–water partition coefficient (Wildman–Crippen LogP) is 2.52. The van der Waals surface area contributed by atoms with Gasteiger partial charge in [-0.2, -0.15) is 0 Å². The Hall–Kier alpha value is -2.56. The lowest BCUT2D eigenvalue weighted by atomic mass is 10.2. The van der Waals surface area contributed by atoms with Crippen molar-refractivity contribution in [3.05, 3.63) is 42.2 Å². The van der Waals surface area contributed by atoms with Gasteiger partial charge in [0, 0.05) is 0 Å². The third-order valence-electron chi connectivity index (χ3n) is 2.50. The number of aromatic nitrogens is 2. The van der Waals surface area contributed by atoms with E-state index >= 15 is 0 Å². The summed E-state index contributed by atoms with van der Waals surface area (Å²) in [5.41, 5.74) is 1.32. The van der Waals surface area contributed by atoms with Crippen molar-refractivity contribution in [2.24, 2.45) is 0 Å². The zero-order valence-electron chi connectivity index (χ0n) is 8.68. The molecule has 0 radical (unpaired) electrons. The summed E-state index contributed by atoms with van der Waals surface area (Å²) >= 11 is 0. The number of aromatic carboxylic acids is 1. The van der Waals surface area contributed by atoms with Crippen LogP contribution >= 0.6 is 0 Å². The number of aromatic amines is 1. The number of hydrogen-bond donors (Lipinski definition) is 2. The van der Waals surface area contributed by atoms with E-state index < -0.39 is 5.97 Å². The highest BCUT2D eigenvalue weighted by molar-refractivity contribution is 6.01. The molecule has 5 nitrogen and oxygen atoms in total. The van der Waals surface area contributed by atoms with Crippen molar-refractivity contribution in [2.45, 2.75) is 0 Å². The van der Waals surface area contributed by atoms with E-state index in [9.17, 15) is 4.79 Å². The first-order chi connectivity index (χ1) is 8.25. The molecule has 5 heteroatoms. The molecule has 84 valence electrons. The van der Waals surface area contributed by atoms with E-state index in [2.05, 4.69) is 9.97 Å². The van der Waals surface area contributed by atoms with Crippen LogP contribution in [0.15, 0.2) is 41.0 Å². The maximum Gasteiger partial charge on any atom is 0.337 e. The number of nitrogens with zero attached hydrogens (tertiary/aromatic N) is 1. The maximum absolute atomic E-state index is 11.0. The fourth-order valence-corrected chi connectivity index (χ4v) is 1.74. The van der Waals surface area contributed by atoms with Crippen LogP contribution in [-0.4, -0.2) is 21.0 Å². The summed E-state index contributed by atoms with van der Waals surface area (Å²) in [6.07, 6.45) is 1.54. The van der Waals surface area contributed by atoms with Crippen LogP contribution in [0.2, 0.25) is 0 Å². The molecule has 3 rings (SSSR count). The van der Waals surface area contributed by atoms with Gasteiger partial charge in [0.2, 0.25) is 0 Å². The molecule has 0 amide bonds. The Labute approximate surface area is 95.7 Å². The fourth-order valence-electron chi connectivity index (χ4n) is 1.74. The van der Waals surface area contributed by atoms with Crippen molar-refractivity contribution in [3.63, 3.8) is 0 Å². The Kier molecular flexibility index (Phi) is 1.98. The minimum absolute atomic E-state index is 0.202.